The lowest BCUT2D eigenvalue weighted by molar-refractivity contribution is 0.0737. The predicted molar refractivity (Wildman–Crippen MR) is 97.9 cm³/mol. The molecule has 1 fully saturated rings. The number of hydrogen-bond donors (Lipinski definition) is 0. The van der Waals surface area contributed by atoms with Gasteiger partial charge in [0.25, 0.3) is 11.5 Å². The molecule has 0 bridgehead atoms. The van der Waals surface area contributed by atoms with Crippen molar-refractivity contribution in [2.24, 2.45) is 0 Å². The molecular formula is C19H23FN4O2. The van der Waals surface area contributed by atoms with E-state index in [0.29, 0.717) is 38.4 Å². The Balaban J connectivity index is 1.67. The molecule has 1 aromatic heterocycles. The summed E-state index contributed by atoms with van der Waals surface area (Å²) in [5, 5.41) is 4.22. The highest BCUT2D eigenvalue weighted by Gasteiger charge is 2.24. The third kappa shape index (κ3) is 3.92. The molecule has 0 unspecified atom stereocenters. The van der Waals surface area contributed by atoms with Gasteiger partial charge in [0, 0.05) is 38.8 Å². The van der Waals surface area contributed by atoms with Crippen molar-refractivity contribution < 1.29 is 9.18 Å². The Kier molecular flexibility index (Phi) is 5.65. The van der Waals surface area contributed by atoms with Gasteiger partial charge in [-0.2, -0.15) is 5.10 Å². The van der Waals surface area contributed by atoms with Crippen molar-refractivity contribution in [1.29, 1.82) is 0 Å². The molecule has 6 nitrogen and oxygen atoms in total. The molecule has 138 valence electrons. The van der Waals surface area contributed by atoms with E-state index in [1.54, 1.807) is 23.1 Å². The Morgan fingerprint density at radius 1 is 1.12 bits per heavy atom. The highest BCUT2D eigenvalue weighted by atomic mass is 19.1. The third-order valence-corrected chi connectivity index (χ3v) is 4.57. The van der Waals surface area contributed by atoms with E-state index in [-0.39, 0.29) is 23.0 Å². The summed E-state index contributed by atoms with van der Waals surface area (Å²) in [6.45, 7) is 4.64. The molecule has 0 spiro atoms. The smallest absolute Gasteiger partial charge is 0.274 e. The first-order chi connectivity index (χ1) is 12.6. The molecule has 1 aliphatic heterocycles. The summed E-state index contributed by atoms with van der Waals surface area (Å²) >= 11 is 0. The number of amides is 1. The second-order valence-corrected chi connectivity index (χ2v) is 6.36. The minimum Gasteiger partial charge on any atom is -0.366 e. The standard InChI is InChI=1S/C19H23FN4O2/c1-2-3-10-24-18(25)9-8-16(21-24)19(26)23-13-11-22(12-14-23)17-7-5-4-6-15(17)20/h4-9H,2-3,10-14H2,1H3. The van der Waals surface area contributed by atoms with Crippen LogP contribution >= 0.6 is 0 Å². The van der Waals surface area contributed by atoms with Gasteiger partial charge in [0.1, 0.15) is 11.5 Å². The summed E-state index contributed by atoms with van der Waals surface area (Å²) in [7, 11) is 0. The van der Waals surface area contributed by atoms with Crippen molar-refractivity contribution >= 4 is 11.6 Å². The second kappa shape index (κ2) is 8.12. The van der Waals surface area contributed by atoms with Crippen LogP contribution in [-0.2, 0) is 6.54 Å². The number of aromatic nitrogens is 2. The number of nitrogens with zero attached hydrogens (tertiary/aromatic N) is 4. The Bertz CT molecular complexity index is 828. The van der Waals surface area contributed by atoms with Crippen molar-refractivity contribution in [3.63, 3.8) is 0 Å². The van der Waals surface area contributed by atoms with Crippen molar-refractivity contribution in [2.45, 2.75) is 26.3 Å². The maximum Gasteiger partial charge on any atom is 0.274 e. The van der Waals surface area contributed by atoms with Crippen LogP contribution in [0, 0.1) is 5.82 Å². The fourth-order valence-corrected chi connectivity index (χ4v) is 3.05. The van der Waals surface area contributed by atoms with Crippen LogP contribution in [-0.4, -0.2) is 46.8 Å². The lowest BCUT2D eigenvalue weighted by Crippen LogP contribution is -2.49. The van der Waals surface area contributed by atoms with E-state index in [0.717, 1.165) is 12.8 Å². The molecule has 1 amide bonds. The highest BCUT2D eigenvalue weighted by molar-refractivity contribution is 5.92. The summed E-state index contributed by atoms with van der Waals surface area (Å²) in [6, 6.07) is 9.54. The summed E-state index contributed by atoms with van der Waals surface area (Å²) in [5.74, 6) is -0.444. The monoisotopic (exact) mass is 358 g/mol. The zero-order chi connectivity index (χ0) is 18.5. The van der Waals surface area contributed by atoms with E-state index >= 15 is 0 Å². The summed E-state index contributed by atoms with van der Waals surface area (Å²) in [6.07, 6.45) is 1.79. The van der Waals surface area contributed by atoms with Crippen molar-refractivity contribution in [3.05, 3.63) is 58.3 Å². The molecule has 0 atom stereocenters. The zero-order valence-corrected chi connectivity index (χ0v) is 14.9. The molecule has 0 N–H and O–H groups in total. The first-order valence-electron chi connectivity index (χ1n) is 8.97. The van der Waals surface area contributed by atoms with Crippen molar-refractivity contribution in [2.75, 3.05) is 31.1 Å². The fourth-order valence-electron chi connectivity index (χ4n) is 3.05. The van der Waals surface area contributed by atoms with E-state index < -0.39 is 0 Å². The number of anilines is 1. The van der Waals surface area contributed by atoms with Crippen molar-refractivity contribution in [1.82, 2.24) is 14.7 Å². The number of carbonyl (C=O) groups is 1. The van der Waals surface area contributed by atoms with Gasteiger partial charge in [-0.3, -0.25) is 9.59 Å². The predicted octanol–water partition coefficient (Wildman–Crippen LogP) is 2.14. The summed E-state index contributed by atoms with van der Waals surface area (Å²) in [4.78, 5) is 28.2. The van der Waals surface area contributed by atoms with Crippen LogP contribution in [0.3, 0.4) is 0 Å². The molecule has 1 aliphatic rings. The fraction of sp³-hybridized carbons (Fsp3) is 0.421. The average Bonchev–Trinajstić information content (AvgIpc) is 2.67. The van der Waals surface area contributed by atoms with E-state index in [1.165, 1.54) is 22.9 Å². The number of carbonyl (C=O) groups excluding carboxylic acids is 1. The second-order valence-electron chi connectivity index (χ2n) is 6.36. The van der Waals surface area contributed by atoms with Gasteiger partial charge in [0.15, 0.2) is 0 Å². The molecule has 2 heterocycles. The van der Waals surface area contributed by atoms with Crippen molar-refractivity contribution in [3.8, 4) is 0 Å². The van der Waals surface area contributed by atoms with Crippen LogP contribution in [0.15, 0.2) is 41.2 Å². The first-order valence-corrected chi connectivity index (χ1v) is 8.97. The Labute approximate surface area is 151 Å². The van der Waals surface area contributed by atoms with Gasteiger partial charge >= 0.3 is 0 Å². The van der Waals surface area contributed by atoms with Crippen LogP contribution < -0.4 is 10.5 Å². The average molecular weight is 358 g/mol. The van der Waals surface area contributed by atoms with E-state index in [2.05, 4.69) is 5.10 Å². The molecule has 26 heavy (non-hydrogen) atoms. The molecule has 2 aromatic rings. The minimum absolute atomic E-state index is 0.191. The topological polar surface area (TPSA) is 58.4 Å². The number of para-hydroxylation sites is 1. The lowest BCUT2D eigenvalue weighted by atomic mass is 10.2. The molecular weight excluding hydrogens is 335 g/mol. The van der Waals surface area contributed by atoms with Gasteiger partial charge < -0.3 is 9.80 Å². The normalized spacial score (nSPS) is 14.5. The molecule has 0 saturated carbocycles. The molecule has 7 heteroatoms. The van der Waals surface area contributed by atoms with Gasteiger partial charge in [-0.25, -0.2) is 9.07 Å². The van der Waals surface area contributed by atoms with E-state index in [4.69, 9.17) is 0 Å². The SMILES string of the molecule is CCCCn1nc(C(=O)N2CCN(c3ccccc3F)CC2)ccc1=O. The number of piperazine rings is 1. The van der Waals surface area contributed by atoms with E-state index in [1.807, 2.05) is 11.8 Å². The maximum atomic E-state index is 13.9. The Hall–Kier alpha value is -2.70. The van der Waals surface area contributed by atoms with Gasteiger partial charge in [0.05, 0.1) is 5.69 Å². The van der Waals surface area contributed by atoms with E-state index in [9.17, 15) is 14.0 Å². The number of unbranched alkanes of at least 4 members (excludes halogenated alkanes) is 1. The number of benzene rings is 1. The Morgan fingerprint density at radius 3 is 2.54 bits per heavy atom. The van der Waals surface area contributed by atoms with Gasteiger partial charge in [-0.15, -0.1) is 0 Å². The summed E-state index contributed by atoms with van der Waals surface area (Å²) in [5.41, 5.74) is 0.644. The third-order valence-electron chi connectivity index (χ3n) is 4.57. The first kappa shape index (κ1) is 18.1. The van der Waals surface area contributed by atoms with Gasteiger partial charge in [-0.1, -0.05) is 25.5 Å². The molecule has 1 saturated heterocycles. The highest BCUT2D eigenvalue weighted by Crippen LogP contribution is 2.20. The van der Waals surface area contributed by atoms with Crippen LogP contribution in [0.25, 0.3) is 0 Å². The van der Waals surface area contributed by atoms with Crippen LogP contribution in [0.5, 0.6) is 0 Å². The minimum atomic E-state index is -0.253. The van der Waals surface area contributed by atoms with Crippen LogP contribution in [0.4, 0.5) is 10.1 Å². The molecule has 1 aromatic carbocycles. The quantitative estimate of drug-likeness (QED) is 0.822. The largest absolute Gasteiger partial charge is 0.366 e. The van der Waals surface area contributed by atoms with Gasteiger partial charge in [0.2, 0.25) is 0 Å². The molecule has 0 aliphatic carbocycles. The van der Waals surface area contributed by atoms with Crippen LogP contribution in [0.2, 0.25) is 0 Å². The lowest BCUT2D eigenvalue weighted by Gasteiger charge is -2.36. The molecule has 3 rings (SSSR count). The number of halogens is 1. The van der Waals surface area contributed by atoms with Crippen LogP contribution in [0.1, 0.15) is 30.3 Å². The summed E-state index contributed by atoms with van der Waals surface area (Å²) < 4.78 is 15.3. The maximum absolute atomic E-state index is 13.9. The number of aryl methyl sites for hydroxylation is 1. The van der Waals surface area contributed by atoms with Gasteiger partial charge in [-0.05, 0) is 24.6 Å². The number of hydrogen-bond acceptors (Lipinski definition) is 4. The Morgan fingerprint density at radius 2 is 1.85 bits per heavy atom. The molecule has 0 radical (unpaired) electrons. The number of rotatable bonds is 5. The zero-order valence-electron chi connectivity index (χ0n) is 14.9.